The van der Waals surface area contributed by atoms with Crippen molar-refractivity contribution in [2.75, 3.05) is 25.0 Å². The van der Waals surface area contributed by atoms with Gasteiger partial charge in [0.25, 0.3) is 5.91 Å². The van der Waals surface area contributed by atoms with E-state index < -0.39 is 17.2 Å². The monoisotopic (exact) mass is 571 g/mol. The number of fused-ring (bicyclic) bond motifs is 3. The van der Waals surface area contributed by atoms with Gasteiger partial charge in [-0.2, -0.15) is 0 Å². The molecule has 42 heavy (non-hydrogen) atoms. The number of anilines is 1. The van der Waals surface area contributed by atoms with Crippen LogP contribution in [0.2, 0.25) is 0 Å². The molecule has 2 heterocycles. The summed E-state index contributed by atoms with van der Waals surface area (Å²) in [5.74, 6) is 0.965. The Bertz CT molecular complexity index is 1700. The van der Waals surface area contributed by atoms with Gasteiger partial charge in [0, 0.05) is 25.9 Å². The summed E-state index contributed by atoms with van der Waals surface area (Å²) in [6.45, 7) is 3.37. The van der Waals surface area contributed by atoms with Crippen LogP contribution in [0.1, 0.15) is 68.6 Å². The first-order valence-corrected chi connectivity index (χ1v) is 15.2. The number of aromatic nitrogens is 1. The number of halogens is 1. The summed E-state index contributed by atoms with van der Waals surface area (Å²) in [6.07, 6.45) is 9.50. The van der Waals surface area contributed by atoms with Crippen LogP contribution in [0.25, 0.3) is 27.4 Å². The van der Waals surface area contributed by atoms with Gasteiger partial charge in [-0.3, -0.25) is 9.59 Å². The average Bonchev–Trinajstić information content (AvgIpc) is 2.98. The summed E-state index contributed by atoms with van der Waals surface area (Å²) >= 11 is 0. The first-order chi connectivity index (χ1) is 20.4. The van der Waals surface area contributed by atoms with E-state index in [0.717, 1.165) is 30.0 Å². The number of nitrogens with one attached hydrogen (secondary N) is 2. The first kappa shape index (κ1) is 28.2. The largest absolute Gasteiger partial charge is 0.451 e. The molecule has 1 saturated carbocycles. The van der Waals surface area contributed by atoms with Crippen molar-refractivity contribution in [3.8, 4) is 17.2 Å². The molecular formula is C34H38FN3O4. The molecule has 2 unspecified atom stereocenters. The van der Waals surface area contributed by atoms with Gasteiger partial charge in [-0.05, 0) is 72.9 Å². The van der Waals surface area contributed by atoms with Crippen molar-refractivity contribution < 1.29 is 19.0 Å². The van der Waals surface area contributed by atoms with Crippen LogP contribution in [0.3, 0.4) is 0 Å². The molecule has 1 aliphatic heterocycles. The molecule has 3 aromatic carbocycles. The first-order valence-electron chi connectivity index (χ1n) is 15.2. The van der Waals surface area contributed by atoms with Crippen molar-refractivity contribution in [3.63, 3.8) is 0 Å². The van der Waals surface area contributed by atoms with Crippen LogP contribution >= 0.6 is 0 Å². The lowest BCUT2D eigenvalue weighted by molar-refractivity contribution is 0.0948. The van der Waals surface area contributed by atoms with Crippen molar-refractivity contribution >= 4 is 33.3 Å². The molecule has 0 bridgehead atoms. The van der Waals surface area contributed by atoms with E-state index in [1.54, 1.807) is 10.8 Å². The Morgan fingerprint density at radius 3 is 2.69 bits per heavy atom. The Morgan fingerprint density at radius 1 is 1.10 bits per heavy atom. The van der Waals surface area contributed by atoms with E-state index in [2.05, 4.69) is 17.6 Å². The molecule has 0 saturated heterocycles. The van der Waals surface area contributed by atoms with E-state index in [9.17, 15) is 9.59 Å². The number of carbonyl (C=O) groups is 1. The van der Waals surface area contributed by atoms with Crippen LogP contribution in [0.4, 0.5) is 10.1 Å². The van der Waals surface area contributed by atoms with E-state index >= 15 is 4.39 Å². The van der Waals surface area contributed by atoms with Crippen molar-refractivity contribution in [3.05, 3.63) is 70.3 Å². The second-order valence-corrected chi connectivity index (χ2v) is 11.9. The standard InChI is InChI=1S/C34H38FN3O4/c1-21-8-7-9-22(16-21)12-14-37-34(41)26-20-38-28-17-23-10-3-4-11-24(23)18-29(28)42-33-30(36-13-5-2-6-15-39)27(35)19-25(31(33)38)32(26)40/h3-4,10-11,17-22,36,39H,2,5-9,12-16H2,1H3,(H,37,41). The SMILES string of the molecule is CC1CCCC(CCNC(=O)c2cn3c4c(c(NCCCCCO)c(F)cc4c2=O)Oc2cc4ccccc4cc2-3)C1. The maximum absolute atomic E-state index is 15.6. The number of aliphatic hydroxyl groups excluding tert-OH is 1. The van der Waals surface area contributed by atoms with E-state index in [-0.39, 0.29) is 29.0 Å². The molecule has 1 amide bonds. The number of aliphatic hydroxyl groups is 1. The molecule has 0 spiro atoms. The minimum atomic E-state index is -0.614. The molecule has 2 atom stereocenters. The van der Waals surface area contributed by atoms with Gasteiger partial charge in [0.05, 0.1) is 11.1 Å². The predicted molar refractivity (Wildman–Crippen MR) is 165 cm³/mol. The fraction of sp³-hybridized carbons (Fsp3) is 0.412. The fourth-order valence-corrected chi connectivity index (χ4v) is 6.56. The van der Waals surface area contributed by atoms with E-state index in [1.165, 1.54) is 31.7 Å². The van der Waals surface area contributed by atoms with Crippen molar-refractivity contribution in [1.29, 1.82) is 0 Å². The molecule has 6 rings (SSSR count). The summed E-state index contributed by atoms with van der Waals surface area (Å²) in [5, 5.41) is 17.2. The second kappa shape index (κ2) is 12.1. The molecule has 8 heteroatoms. The zero-order valence-corrected chi connectivity index (χ0v) is 24.0. The highest BCUT2D eigenvalue weighted by Gasteiger charge is 2.29. The minimum absolute atomic E-state index is 0.0180. The quantitative estimate of drug-likeness (QED) is 0.159. The molecule has 1 fully saturated rings. The third kappa shape index (κ3) is 5.48. The fourth-order valence-electron chi connectivity index (χ4n) is 6.56. The lowest BCUT2D eigenvalue weighted by atomic mass is 9.81. The van der Waals surface area contributed by atoms with Gasteiger partial charge < -0.3 is 25.0 Å². The Hall–Kier alpha value is -3.91. The zero-order valence-electron chi connectivity index (χ0n) is 24.0. The Kier molecular flexibility index (Phi) is 8.16. The number of ether oxygens (including phenoxy) is 1. The third-order valence-electron chi connectivity index (χ3n) is 8.76. The minimum Gasteiger partial charge on any atom is -0.451 e. The number of benzene rings is 3. The number of hydrogen-bond acceptors (Lipinski definition) is 5. The number of hydrogen-bond donors (Lipinski definition) is 3. The van der Waals surface area contributed by atoms with Crippen molar-refractivity contribution in [1.82, 2.24) is 9.88 Å². The number of pyridine rings is 1. The Balaban J connectivity index is 1.40. The Labute approximate surface area is 244 Å². The van der Waals surface area contributed by atoms with Crippen LogP contribution in [0.15, 0.2) is 53.5 Å². The summed E-state index contributed by atoms with van der Waals surface area (Å²) < 4.78 is 23.8. The summed E-state index contributed by atoms with van der Waals surface area (Å²) in [7, 11) is 0. The summed E-state index contributed by atoms with van der Waals surface area (Å²) in [6, 6.07) is 12.9. The van der Waals surface area contributed by atoms with Gasteiger partial charge in [-0.1, -0.05) is 50.5 Å². The lowest BCUT2D eigenvalue weighted by Crippen LogP contribution is -2.32. The predicted octanol–water partition coefficient (Wildman–Crippen LogP) is 6.91. The molecule has 0 radical (unpaired) electrons. The van der Waals surface area contributed by atoms with Crippen molar-refractivity contribution in [2.45, 2.75) is 58.3 Å². The van der Waals surface area contributed by atoms with Gasteiger partial charge in [0.1, 0.15) is 16.8 Å². The van der Waals surface area contributed by atoms with Gasteiger partial charge in [-0.15, -0.1) is 0 Å². The molecule has 2 aliphatic rings. The van der Waals surface area contributed by atoms with Gasteiger partial charge in [0.2, 0.25) is 5.43 Å². The summed E-state index contributed by atoms with van der Waals surface area (Å²) in [4.78, 5) is 27.1. The van der Waals surface area contributed by atoms with Crippen LogP contribution in [0.5, 0.6) is 11.5 Å². The smallest absolute Gasteiger partial charge is 0.256 e. The topological polar surface area (TPSA) is 92.6 Å². The molecule has 1 aliphatic carbocycles. The van der Waals surface area contributed by atoms with Crippen LogP contribution in [-0.2, 0) is 0 Å². The molecule has 4 aromatic rings. The van der Waals surface area contributed by atoms with Crippen LogP contribution in [0, 0.1) is 17.7 Å². The highest BCUT2D eigenvalue weighted by Crippen LogP contribution is 2.46. The van der Waals surface area contributed by atoms with E-state index in [0.29, 0.717) is 48.3 Å². The number of unbranched alkanes of at least 4 members (excludes halogenated alkanes) is 2. The molecule has 220 valence electrons. The van der Waals surface area contributed by atoms with Crippen LogP contribution < -0.4 is 20.8 Å². The van der Waals surface area contributed by atoms with E-state index in [4.69, 9.17) is 9.84 Å². The van der Waals surface area contributed by atoms with Gasteiger partial charge >= 0.3 is 0 Å². The average molecular weight is 572 g/mol. The molecule has 3 N–H and O–H groups in total. The molecule has 7 nitrogen and oxygen atoms in total. The van der Waals surface area contributed by atoms with Gasteiger partial charge in [0.15, 0.2) is 17.3 Å². The van der Waals surface area contributed by atoms with E-state index in [1.807, 2.05) is 36.4 Å². The number of carbonyl (C=O) groups excluding carboxylic acids is 1. The van der Waals surface area contributed by atoms with Crippen LogP contribution in [-0.4, -0.2) is 35.3 Å². The zero-order chi connectivity index (χ0) is 29.2. The Morgan fingerprint density at radius 2 is 1.90 bits per heavy atom. The number of rotatable bonds is 10. The highest BCUT2D eigenvalue weighted by atomic mass is 19.1. The molecule has 1 aromatic heterocycles. The maximum Gasteiger partial charge on any atom is 0.256 e. The third-order valence-corrected chi connectivity index (χ3v) is 8.76. The maximum atomic E-state index is 15.6. The van der Waals surface area contributed by atoms with Gasteiger partial charge in [-0.25, -0.2) is 4.39 Å². The second-order valence-electron chi connectivity index (χ2n) is 11.9. The number of amides is 1. The summed E-state index contributed by atoms with van der Waals surface area (Å²) in [5.41, 5.74) is 0.743. The normalized spacial score (nSPS) is 17.6. The molecular weight excluding hydrogens is 533 g/mol. The lowest BCUT2D eigenvalue weighted by Gasteiger charge is -2.27. The number of nitrogens with zero attached hydrogens (tertiary/aromatic N) is 1. The van der Waals surface area contributed by atoms with Crippen molar-refractivity contribution in [2.24, 2.45) is 11.8 Å². The highest BCUT2D eigenvalue weighted by molar-refractivity contribution is 6.02.